The zero-order valence-corrected chi connectivity index (χ0v) is 11.7. The number of esters is 1. The summed E-state index contributed by atoms with van der Waals surface area (Å²) < 4.78 is 10.5. The minimum Gasteiger partial charge on any atom is -0.465 e. The van der Waals surface area contributed by atoms with Gasteiger partial charge in [0, 0.05) is 6.42 Å². The van der Waals surface area contributed by atoms with Gasteiger partial charge in [0.1, 0.15) is 5.41 Å². The van der Waals surface area contributed by atoms with Crippen LogP contribution in [0.25, 0.3) is 0 Å². The lowest BCUT2D eigenvalue weighted by atomic mass is 9.73. The third-order valence-electron chi connectivity index (χ3n) is 3.81. The molecule has 1 atom stereocenters. The molecule has 0 aromatic heterocycles. The Labute approximate surface area is 109 Å². The minimum absolute atomic E-state index is 0.0147. The predicted molar refractivity (Wildman–Crippen MR) is 68.2 cm³/mol. The monoisotopic (exact) mass is 256 g/mol. The van der Waals surface area contributed by atoms with Crippen LogP contribution in [-0.4, -0.2) is 31.6 Å². The van der Waals surface area contributed by atoms with Crippen LogP contribution >= 0.6 is 0 Å². The van der Waals surface area contributed by atoms with Crippen molar-refractivity contribution in [2.45, 2.75) is 46.5 Å². The molecule has 1 heterocycles. The van der Waals surface area contributed by atoms with E-state index in [1.165, 1.54) is 0 Å². The number of carbonyl (C=O) groups excluding carboxylic acids is 2. The number of carbonyl (C=O) groups is 2. The first-order chi connectivity index (χ1) is 8.60. The molecule has 1 rings (SSSR count). The second-order valence-electron chi connectivity index (χ2n) is 4.91. The van der Waals surface area contributed by atoms with Crippen molar-refractivity contribution in [3.63, 3.8) is 0 Å². The lowest BCUT2D eigenvalue weighted by molar-refractivity contribution is -0.171. The van der Waals surface area contributed by atoms with Crippen LogP contribution in [0.2, 0.25) is 0 Å². The molecule has 0 N–H and O–H groups in total. The van der Waals surface area contributed by atoms with Gasteiger partial charge in [0.2, 0.25) is 0 Å². The third-order valence-corrected chi connectivity index (χ3v) is 3.81. The van der Waals surface area contributed by atoms with Crippen LogP contribution in [0.15, 0.2) is 0 Å². The SMILES string of the molecule is CCOC(=O)C1(CC(CC)CC)COCCC1=O. The summed E-state index contributed by atoms with van der Waals surface area (Å²) in [5.74, 6) is -0.0549. The van der Waals surface area contributed by atoms with Crippen molar-refractivity contribution in [1.29, 1.82) is 0 Å². The zero-order valence-electron chi connectivity index (χ0n) is 11.7. The molecular weight excluding hydrogens is 232 g/mol. The Morgan fingerprint density at radius 1 is 1.39 bits per heavy atom. The van der Waals surface area contributed by atoms with E-state index >= 15 is 0 Å². The van der Waals surface area contributed by atoms with Crippen molar-refractivity contribution >= 4 is 11.8 Å². The van der Waals surface area contributed by atoms with Gasteiger partial charge in [-0.1, -0.05) is 26.7 Å². The second-order valence-corrected chi connectivity index (χ2v) is 4.91. The van der Waals surface area contributed by atoms with Crippen molar-refractivity contribution in [2.75, 3.05) is 19.8 Å². The summed E-state index contributed by atoms with van der Waals surface area (Å²) in [5, 5.41) is 0. The van der Waals surface area contributed by atoms with E-state index in [1.807, 2.05) is 0 Å². The summed E-state index contributed by atoms with van der Waals surface area (Å²) in [6.45, 7) is 6.83. The highest BCUT2D eigenvalue weighted by Gasteiger charge is 2.49. The molecule has 1 aliphatic rings. The Balaban J connectivity index is 2.92. The lowest BCUT2D eigenvalue weighted by Gasteiger charge is -2.35. The molecular formula is C14H24O4. The van der Waals surface area contributed by atoms with Crippen LogP contribution in [0.4, 0.5) is 0 Å². The number of hydrogen-bond acceptors (Lipinski definition) is 4. The average Bonchev–Trinajstić information content (AvgIpc) is 2.38. The largest absolute Gasteiger partial charge is 0.465 e. The molecule has 0 spiro atoms. The van der Waals surface area contributed by atoms with Gasteiger partial charge in [-0.3, -0.25) is 9.59 Å². The highest BCUT2D eigenvalue weighted by atomic mass is 16.5. The van der Waals surface area contributed by atoms with Crippen LogP contribution in [0, 0.1) is 11.3 Å². The second kappa shape index (κ2) is 6.88. The van der Waals surface area contributed by atoms with Crippen LogP contribution in [0.5, 0.6) is 0 Å². The highest BCUT2D eigenvalue weighted by Crippen LogP contribution is 2.36. The molecule has 1 saturated heterocycles. The quantitative estimate of drug-likeness (QED) is 0.540. The van der Waals surface area contributed by atoms with Gasteiger partial charge in [-0.25, -0.2) is 0 Å². The summed E-state index contributed by atoms with van der Waals surface area (Å²) in [6, 6.07) is 0. The average molecular weight is 256 g/mol. The predicted octanol–water partition coefficient (Wildman–Crippen LogP) is 2.35. The summed E-state index contributed by atoms with van der Waals surface area (Å²) in [4.78, 5) is 24.4. The van der Waals surface area contributed by atoms with Crippen molar-refractivity contribution in [1.82, 2.24) is 0 Å². The number of hydrogen-bond donors (Lipinski definition) is 0. The maximum absolute atomic E-state index is 12.2. The number of ether oxygens (including phenoxy) is 2. The lowest BCUT2D eigenvalue weighted by Crippen LogP contribution is -2.49. The molecule has 4 heteroatoms. The van der Waals surface area contributed by atoms with E-state index < -0.39 is 11.4 Å². The molecule has 0 saturated carbocycles. The number of Topliss-reactive ketones (excluding diaryl/α,β-unsaturated/α-hetero) is 1. The van der Waals surface area contributed by atoms with Crippen LogP contribution in [0.1, 0.15) is 46.5 Å². The first kappa shape index (κ1) is 15.2. The normalized spacial score (nSPS) is 24.3. The van der Waals surface area contributed by atoms with Crippen molar-refractivity contribution < 1.29 is 19.1 Å². The molecule has 1 aliphatic heterocycles. The maximum Gasteiger partial charge on any atom is 0.322 e. The number of rotatable bonds is 6. The standard InChI is InChI=1S/C14H24O4/c1-4-11(5-2)9-14(13(16)18-6-3)10-17-8-7-12(14)15/h11H,4-10H2,1-3H3. The van der Waals surface area contributed by atoms with Gasteiger partial charge in [0.15, 0.2) is 5.78 Å². The van der Waals surface area contributed by atoms with Crippen LogP contribution in [0.3, 0.4) is 0 Å². The molecule has 18 heavy (non-hydrogen) atoms. The summed E-state index contributed by atoms with van der Waals surface area (Å²) in [5.41, 5.74) is -1.05. The first-order valence-corrected chi connectivity index (χ1v) is 6.89. The molecule has 0 aromatic carbocycles. The molecule has 0 radical (unpaired) electrons. The summed E-state index contributed by atoms with van der Waals surface area (Å²) in [7, 11) is 0. The first-order valence-electron chi connectivity index (χ1n) is 6.89. The fraction of sp³-hybridized carbons (Fsp3) is 0.857. The molecule has 1 unspecified atom stereocenters. The van der Waals surface area contributed by atoms with Gasteiger partial charge >= 0.3 is 5.97 Å². The molecule has 0 amide bonds. The Bertz CT molecular complexity index is 296. The summed E-state index contributed by atoms with van der Waals surface area (Å²) >= 11 is 0. The van der Waals surface area contributed by atoms with E-state index in [1.54, 1.807) is 6.92 Å². The Morgan fingerprint density at radius 3 is 2.56 bits per heavy atom. The summed E-state index contributed by atoms with van der Waals surface area (Å²) in [6.07, 6.45) is 2.80. The van der Waals surface area contributed by atoms with E-state index in [0.29, 0.717) is 32.0 Å². The van der Waals surface area contributed by atoms with E-state index in [2.05, 4.69) is 13.8 Å². The van der Waals surface area contributed by atoms with Crippen LogP contribution in [-0.2, 0) is 19.1 Å². The molecule has 1 fully saturated rings. The Kier molecular flexibility index (Phi) is 5.79. The van der Waals surface area contributed by atoms with Gasteiger partial charge in [0.25, 0.3) is 0 Å². The van der Waals surface area contributed by atoms with E-state index in [0.717, 1.165) is 12.8 Å². The van der Waals surface area contributed by atoms with Gasteiger partial charge < -0.3 is 9.47 Å². The maximum atomic E-state index is 12.2. The van der Waals surface area contributed by atoms with Gasteiger partial charge in [-0.05, 0) is 19.3 Å². The molecule has 0 bridgehead atoms. The van der Waals surface area contributed by atoms with E-state index in [9.17, 15) is 9.59 Å². The van der Waals surface area contributed by atoms with E-state index in [4.69, 9.17) is 9.47 Å². The fourth-order valence-electron chi connectivity index (χ4n) is 2.50. The fourth-order valence-corrected chi connectivity index (χ4v) is 2.50. The van der Waals surface area contributed by atoms with Gasteiger partial charge in [-0.15, -0.1) is 0 Å². The molecule has 0 aliphatic carbocycles. The molecule has 104 valence electrons. The van der Waals surface area contributed by atoms with Crippen molar-refractivity contribution in [3.8, 4) is 0 Å². The Morgan fingerprint density at radius 2 is 2.06 bits per heavy atom. The topological polar surface area (TPSA) is 52.6 Å². The van der Waals surface area contributed by atoms with Crippen LogP contribution < -0.4 is 0 Å². The van der Waals surface area contributed by atoms with E-state index in [-0.39, 0.29) is 12.4 Å². The third kappa shape index (κ3) is 3.10. The van der Waals surface area contributed by atoms with Gasteiger partial charge in [-0.2, -0.15) is 0 Å². The highest BCUT2D eigenvalue weighted by molar-refractivity contribution is 6.04. The zero-order chi connectivity index (χ0) is 13.6. The molecule has 4 nitrogen and oxygen atoms in total. The van der Waals surface area contributed by atoms with Crippen molar-refractivity contribution in [2.24, 2.45) is 11.3 Å². The van der Waals surface area contributed by atoms with Crippen molar-refractivity contribution in [3.05, 3.63) is 0 Å². The van der Waals surface area contributed by atoms with Gasteiger partial charge in [0.05, 0.1) is 19.8 Å². The molecule has 0 aromatic rings. The Hall–Kier alpha value is -0.900. The minimum atomic E-state index is -1.05. The number of ketones is 1. The smallest absolute Gasteiger partial charge is 0.322 e.